The second-order valence-electron chi connectivity index (χ2n) is 5.84. The quantitative estimate of drug-likeness (QED) is 0.596. The summed E-state index contributed by atoms with van der Waals surface area (Å²) in [4.78, 5) is 7.13. The largest absolute Gasteiger partial charge is 0.379 e. The summed E-state index contributed by atoms with van der Waals surface area (Å²) in [5.41, 5.74) is 9.32. The van der Waals surface area contributed by atoms with Gasteiger partial charge in [-0.25, -0.2) is 4.98 Å². The van der Waals surface area contributed by atoms with Gasteiger partial charge in [-0.2, -0.15) is 0 Å². The molecule has 6 heteroatoms. The van der Waals surface area contributed by atoms with Crippen LogP contribution in [0.25, 0.3) is 10.2 Å². The molecule has 0 amide bonds. The Kier molecular flexibility index (Phi) is 4.92. The highest BCUT2D eigenvalue weighted by Gasteiger charge is 2.20. The van der Waals surface area contributed by atoms with Gasteiger partial charge in [0.2, 0.25) is 0 Å². The highest BCUT2D eigenvalue weighted by Crippen LogP contribution is 2.40. The van der Waals surface area contributed by atoms with Crippen molar-refractivity contribution in [2.24, 2.45) is 5.73 Å². The zero-order valence-corrected chi connectivity index (χ0v) is 15.8. The maximum atomic E-state index is 6.24. The highest BCUT2D eigenvalue weighted by molar-refractivity contribution is 7.20. The molecule has 3 heterocycles. The van der Waals surface area contributed by atoms with Crippen LogP contribution < -0.4 is 11.1 Å². The number of nitrogens with one attached hydrogen (secondary N) is 1. The predicted molar refractivity (Wildman–Crippen MR) is 103 cm³/mol. The first-order chi connectivity index (χ1) is 11.0. The van der Waals surface area contributed by atoms with E-state index in [1.165, 1.54) is 15.3 Å². The molecule has 0 spiro atoms. The van der Waals surface area contributed by atoms with E-state index in [1.807, 2.05) is 13.0 Å². The molecule has 0 bridgehead atoms. The van der Waals surface area contributed by atoms with E-state index in [1.54, 1.807) is 22.7 Å². The van der Waals surface area contributed by atoms with Gasteiger partial charge in [-0.15, -0.1) is 22.7 Å². The van der Waals surface area contributed by atoms with E-state index in [4.69, 9.17) is 17.3 Å². The van der Waals surface area contributed by atoms with Gasteiger partial charge in [-0.1, -0.05) is 24.6 Å². The molecular formula is C17H20ClN3S2. The van der Waals surface area contributed by atoms with Crippen LogP contribution in [0.4, 0.5) is 5.69 Å². The molecule has 0 aliphatic heterocycles. The molecular weight excluding hydrogens is 346 g/mol. The summed E-state index contributed by atoms with van der Waals surface area (Å²) in [7, 11) is 0. The Hall–Kier alpha value is -1.14. The lowest BCUT2D eigenvalue weighted by atomic mass is 9.99. The maximum absolute atomic E-state index is 6.24. The van der Waals surface area contributed by atoms with Crippen molar-refractivity contribution in [3.63, 3.8) is 0 Å². The zero-order chi connectivity index (χ0) is 16.6. The minimum absolute atomic E-state index is 0.111. The first-order valence-electron chi connectivity index (χ1n) is 7.58. The third-order valence-corrected chi connectivity index (χ3v) is 6.70. The molecule has 23 heavy (non-hydrogen) atoms. The first kappa shape index (κ1) is 16.7. The summed E-state index contributed by atoms with van der Waals surface area (Å²) < 4.78 is 1.16. The summed E-state index contributed by atoms with van der Waals surface area (Å²) in [6.07, 6.45) is 0. The smallest absolute Gasteiger partial charge is 0.131 e. The fourth-order valence-electron chi connectivity index (χ4n) is 2.56. The van der Waals surface area contributed by atoms with Crippen LogP contribution in [0.5, 0.6) is 0 Å². The normalized spacial score (nSPS) is 14.1. The minimum Gasteiger partial charge on any atom is -0.379 e. The Morgan fingerprint density at radius 3 is 2.83 bits per heavy atom. The predicted octanol–water partition coefficient (Wildman–Crippen LogP) is 5.38. The number of thiophene rings is 2. The summed E-state index contributed by atoms with van der Waals surface area (Å²) in [6.45, 7) is 7.12. The Morgan fingerprint density at radius 1 is 1.39 bits per heavy atom. The summed E-state index contributed by atoms with van der Waals surface area (Å²) in [5, 5.41) is 6.11. The molecule has 3 aromatic heterocycles. The van der Waals surface area contributed by atoms with Gasteiger partial charge in [0.25, 0.3) is 0 Å². The van der Waals surface area contributed by atoms with Crippen molar-refractivity contribution in [2.45, 2.75) is 39.3 Å². The lowest BCUT2D eigenvalue weighted by Gasteiger charge is -2.14. The van der Waals surface area contributed by atoms with Crippen molar-refractivity contribution >= 4 is 50.2 Å². The van der Waals surface area contributed by atoms with Crippen LogP contribution in [-0.4, -0.2) is 11.0 Å². The SMILES string of the molecule is Cc1c(C(C)[C@H](C)N)sc2c(NCc3cccs3)cc(Cl)nc12. The third-order valence-electron chi connectivity index (χ3n) is 4.11. The van der Waals surface area contributed by atoms with Crippen molar-refractivity contribution in [1.82, 2.24) is 4.98 Å². The molecule has 0 saturated carbocycles. The molecule has 3 aromatic rings. The van der Waals surface area contributed by atoms with E-state index < -0.39 is 0 Å². The van der Waals surface area contributed by atoms with E-state index in [0.717, 1.165) is 22.4 Å². The lowest BCUT2D eigenvalue weighted by molar-refractivity contribution is 0.620. The van der Waals surface area contributed by atoms with Gasteiger partial charge in [0.05, 0.1) is 15.9 Å². The molecule has 0 fully saturated rings. The van der Waals surface area contributed by atoms with Crippen LogP contribution in [-0.2, 0) is 6.54 Å². The summed E-state index contributed by atoms with van der Waals surface area (Å²) in [5.74, 6) is 0.304. The second kappa shape index (κ2) is 6.77. The average molecular weight is 366 g/mol. The Labute approximate surface area is 149 Å². The van der Waals surface area contributed by atoms with Crippen LogP contribution >= 0.6 is 34.3 Å². The number of hydrogen-bond donors (Lipinski definition) is 2. The van der Waals surface area contributed by atoms with E-state index in [9.17, 15) is 0 Å². The van der Waals surface area contributed by atoms with Gasteiger partial charge < -0.3 is 11.1 Å². The molecule has 0 aliphatic carbocycles. The van der Waals surface area contributed by atoms with Crippen molar-refractivity contribution in [1.29, 1.82) is 0 Å². The number of halogens is 1. The van der Waals surface area contributed by atoms with Gasteiger partial charge in [0.15, 0.2) is 0 Å². The van der Waals surface area contributed by atoms with Crippen molar-refractivity contribution < 1.29 is 0 Å². The standard InChI is InChI=1S/C17H20ClN3S2/c1-9(11(3)19)16-10(2)15-17(23-16)13(7-14(18)21-15)20-8-12-5-4-6-22-12/h4-7,9,11H,8,19H2,1-3H3,(H,20,21)/t9?,11-/m0/s1. The number of anilines is 1. The van der Waals surface area contributed by atoms with Crippen molar-refractivity contribution in [3.05, 3.63) is 44.1 Å². The number of pyridine rings is 1. The first-order valence-corrected chi connectivity index (χ1v) is 9.66. The molecule has 122 valence electrons. The Bertz CT molecular complexity index is 809. The average Bonchev–Trinajstić information content (AvgIpc) is 3.13. The van der Waals surface area contributed by atoms with Crippen LogP contribution in [0, 0.1) is 6.92 Å². The molecule has 0 radical (unpaired) electrons. The van der Waals surface area contributed by atoms with Gasteiger partial charge in [0, 0.05) is 34.3 Å². The Morgan fingerprint density at radius 2 is 2.17 bits per heavy atom. The van der Waals surface area contributed by atoms with Gasteiger partial charge in [-0.3, -0.25) is 0 Å². The number of nitrogens with two attached hydrogens (primary N) is 1. The second-order valence-corrected chi connectivity index (χ2v) is 8.31. The number of rotatable bonds is 5. The molecule has 0 aromatic carbocycles. The molecule has 3 N–H and O–H groups in total. The highest BCUT2D eigenvalue weighted by atomic mass is 35.5. The number of nitrogens with zero attached hydrogens (tertiary/aromatic N) is 1. The molecule has 0 saturated heterocycles. The van der Waals surface area contributed by atoms with Crippen molar-refractivity contribution in [3.8, 4) is 0 Å². The summed E-state index contributed by atoms with van der Waals surface area (Å²) in [6, 6.07) is 6.21. The van der Waals surface area contributed by atoms with E-state index in [-0.39, 0.29) is 6.04 Å². The number of hydrogen-bond acceptors (Lipinski definition) is 5. The zero-order valence-electron chi connectivity index (χ0n) is 13.4. The topological polar surface area (TPSA) is 50.9 Å². The molecule has 2 atom stereocenters. The fourth-order valence-corrected chi connectivity index (χ4v) is 4.81. The van der Waals surface area contributed by atoms with Crippen LogP contribution in [0.2, 0.25) is 5.15 Å². The maximum Gasteiger partial charge on any atom is 0.131 e. The minimum atomic E-state index is 0.111. The molecule has 0 aliphatic rings. The molecule has 3 rings (SSSR count). The fraction of sp³-hybridized carbons (Fsp3) is 0.353. The Balaban J connectivity index is 2.02. The monoisotopic (exact) mass is 365 g/mol. The van der Waals surface area contributed by atoms with Crippen LogP contribution in [0.1, 0.15) is 35.1 Å². The van der Waals surface area contributed by atoms with Gasteiger partial charge in [-0.05, 0) is 30.9 Å². The van der Waals surface area contributed by atoms with E-state index in [2.05, 4.69) is 41.7 Å². The summed E-state index contributed by atoms with van der Waals surface area (Å²) >= 11 is 9.76. The number of aromatic nitrogens is 1. The molecule has 3 nitrogen and oxygen atoms in total. The van der Waals surface area contributed by atoms with E-state index >= 15 is 0 Å². The molecule has 1 unspecified atom stereocenters. The van der Waals surface area contributed by atoms with Crippen molar-refractivity contribution in [2.75, 3.05) is 5.32 Å². The number of fused-ring (bicyclic) bond motifs is 1. The van der Waals surface area contributed by atoms with Gasteiger partial charge >= 0.3 is 0 Å². The van der Waals surface area contributed by atoms with E-state index in [0.29, 0.717) is 11.1 Å². The number of aryl methyl sites for hydroxylation is 1. The third kappa shape index (κ3) is 3.38. The lowest BCUT2D eigenvalue weighted by Crippen LogP contribution is -2.22. The van der Waals surface area contributed by atoms with Crippen LogP contribution in [0.3, 0.4) is 0 Å². The van der Waals surface area contributed by atoms with Crippen LogP contribution in [0.15, 0.2) is 23.6 Å². The van der Waals surface area contributed by atoms with Gasteiger partial charge in [0.1, 0.15) is 5.15 Å².